The van der Waals surface area contributed by atoms with Gasteiger partial charge in [-0.25, -0.2) is 4.79 Å². The third-order valence-corrected chi connectivity index (χ3v) is 6.38. The summed E-state index contributed by atoms with van der Waals surface area (Å²) in [5.74, 6) is -0.689. The molecule has 0 atom stereocenters. The quantitative estimate of drug-likeness (QED) is 0.683. The Morgan fingerprint density at radius 2 is 1.86 bits per heavy atom. The van der Waals surface area contributed by atoms with Crippen LogP contribution in [0.3, 0.4) is 0 Å². The number of rotatable bonds is 4. The highest BCUT2D eigenvalue weighted by molar-refractivity contribution is 7.17. The van der Waals surface area contributed by atoms with Crippen LogP contribution in [-0.2, 0) is 16.7 Å². The first-order valence-electron chi connectivity index (χ1n) is 9.23. The van der Waals surface area contributed by atoms with E-state index in [2.05, 4.69) is 38.3 Å². The second-order valence-electron chi connectivity index (χ2n) is 8.11. The molecule has 0 bridgehead atoms. The maximum absolute atomic E-state index is 12.8. The lowest BCUT2D eigenvalue weighted by molar-refractivity contribution is 0.0526. The van der Waals surface area contributed by atoms with Gasteiger partial charge in [-0.15, -0.1) is 11.3 Å². The molecule has 0 aliphatic carbocycles. The summed E-state index contributed by atoms with van der Waals surface area (Å²) in [6.45, 7) is 10.4. The number of benzene rings is 1. The van der Waals surface area contributed by atoms with Crippen LogP contribution in [0.5, 0.6) is 0 Å². The van der Waals surface area contributed by atoms with Gasteiger partial charge >= 0.3 is 5.97 Å². The molecule has 2 N–H and O–H groups in total. The van der Waals surface area contributed by atoms with Crippen LogP contribution in [0, 0.1) is 0 Å². The Hall–Kier alpha value is -1.89. The van der Waals surface area contributed by atoms with Gasteiger partial charge in [0.2, 0.25) is 0 Å². The van der Waals surface area contributed by atoms with E-state index in [0.717, 1.165) is 10.4 Å². The van der Waals surface area contributed by atoms with Gasteiger partial charge in [0.25, 0.3) is 5.91 Å². The maximum Gasteiger partial charge on any atom is 0.341 e. The molecular formula is C21H25ClN2O3S. The molecule has 2 aromatic rings. The lowest BCUT2D eigenvalue weighted by atomic mass is 9.81. The molecule has 0 saturated heterocycles. The average Bonchev–Trinajstić information content (AvgIpc) is 2.92. The summed E-state index contributed by atoms with van der Waals surface area (Å²) in [6, 6.07) is 6.64. The highest BCUT2D eigenvalue weighted by atomic mass is 35.5. The van der Waals surface area contributed by atoms with Crippen LogP contribution in [-0.4, -0.2) is 24.0 Å². The van der Waals surface area contributed by atoms with Gasteiger partial charge in [-0.1, -0.05) is 11.6 Å². The number of halogens is 1. The van der Waals surface area contributed by atoms with Crippen molar-refractivity contribution in [3.8, 4) is 0 Å². The summed E-state index contributed by atoms with van der Waals surface area (Å²) >= 11 is 7.34. The van der Waals surface area contributed by atoms with Gasteiger partial charge < -0.3 is 15.4 Å². The molecule has 3 rings (SSSR count). The van der Waals surface area contributed by atoms with Crippen molar-refractivity contribution in [2.45, 2.75) is 52.1 Å². The Kier molecular flexibility index (Phi) is 5.58. The molecule has 7 heteroatoms. The number of amides is 1. The van der Waals surface area contributed by atoms with Crippen LogP contribution in [0.4, 0.5) is 5.00 Å². The largest absolute Gasteiger partial charge is 0.462 e. The third kappa shape index (κ3) is 4.09. The number of thiophene rings is 1. The molecule has 0 radical (unpaired) electrons. The summed E-state index contributed by atoms with van der Waals surface area (Å²) < 4.78 is 5.31. The smallest absolute Gasteiger partial charge is 0.341 e. The molecule has 1 aromatic carbocycles. The Bertz CT molecular complexity index is 916. The number of anilines is 1. The fraction of sp³-hybridized carbons (Fsp3) is 0.429. The number of fused-ring (bicyclic) bond motifs is 1. The molecule has 1 aliphatic rings. The summed E-state index contributed by atoms with van der Waals surface area (Å²) in [7, 11) is 0. The number of carbonyl (C=O) groups is 2. The molecule has 0 spiro atoms. The third-order valence-electron chi connectivity index (χ3n) is 4.66. The topological polar surface area (TPSA) is 67.4 Å². The summed E-state index contributed by atoms with van der Waals surface area (Å²) in [5, 5.41) is 7.62. The van der Waals surface area contributed by atoms with E-state index in [0.29, 0.717) is 27.6 Å². The highest BCUT2D eigenvalue weighted by Crippen LogP contribution is 2.45. The van der Waals surface area contributed by atoms with Crippen molar-refractivity contribution in [2.24, 2.45) is 0 Å². The SMILES string of the molecule is CCOC(=O)c1c(NC(=O)c2ccc(Cl)cc2)sc2c1CC(C)(C)NC2(C)C. The number of nitrogens with one attached hydrogen (secondary N) is 2. The van der Waals surface area contributed by atoms with Crippen molar-refractivity contribution in [2.75, 3.05) is 11.9 Å². The van der Waals surface area contributed by atoms with E-state index in [1.807, 2.05) is 0 Å². The van der Waals surface area contributed by atoms with E-state index in [1.165, 1.54) is 11.3 Å². The molecule has 1 aromatic heterocycles. The first-order valence-corrected chi connectivity index (χ1v) is 10.4. The molecule has 1 amide bonds. The van der Waals surface area contributed by atoms with Crippen molar-refractivity contribution in [1.29, 1.82) is 0 Å². The van der Waals surface area contributed by atoms with Crippen molar-refractivity contribution in [1.82, 2.24) is 5.32 Å². The van der Waals surface area contributed by atoms with Crippen molar-refractivity contribution in [3.63, 3.8) is 0 Å². The van der Waals surface area contributed by atoms with E-state index in [9.17, 15) is 9.59 Å². The minimum atomic E-state index is -0.403. The Morgan fingerprint density at radius 3 is 2.46 bits per heavy atom. The van der Waals surface area contributed by atoms with Crippen LogP contribution < -0.4 is 10.6 Å². The van der Waals surface area contributed by atoms with Crippen molar-refractivity contribution in [3.05, 3.63) is 50.9 Å². The monoisotopic (exact) mass is 420 g/mol. The molecular weight excluding hydrogens is 396 g/mol. The van der Waals surface area contributed by atoms with Crippen molar-refractivity contribution >= 4 is 39.8 Å². The van der Waals surface area contributed by atoms with E-state index >= 15 is 0 Å². The summed E-state index contributed by atoms with van der Waals surface area (Å²) in [4.78, 5) is 26.6. The van der Waals surface area contributed by atoms with Gasteiger partial charge in [-0.3, -0.25) is 4.79 Å². The standard InChI is InChI=1S/C21H25ClN2O3S/c1-6-27-19(26)15-14-11-20(2,3)24-21(4,5)16(14)28-18(15)23-17(25)12-7-9-13(22)10-8-12/h7-10,24H,6,11H2,1-5H3,(H,23,25). The second-order valence-corrected chi connectivity index (χ2v) is 9.56. The molecule has 0 saturated carbocycles. The summed E-state index contributed by atoms with van der Waals surface area (Å²) in [5.41, 5.74) is 1.38. The lowest BCUT2D eigenvalue weighted by Crippen LogP contribution is -2.55. The van der Waals surface area contributed by atoms with Gasteiger partial charge in [-0.2, -0.15) is 0 Å². The van der Waals surface area contributed by atoms with Gasteiger partial charge in [0.05, 0.1) is 12.2 Å². The van der Waals surface area contributed by atoms with E-state index in [1.54, 1.807) is 31.2 Å². The van der Waals surface area contributed by atoms with Crippen molar-refractivity contribution < 1.29 is 14.3 Å². The van der Waals surface area contributed by atoms with Gasteiger partial charge in [-0.05, 0) is 70.9 Å². The normalized spacial score (nSPS) is 16.9. The maximum atomic E-state index is 12.8. The Balaban J connectivity index is 2.06. The van der Waals surface area contributed by atoms with Crippen LogP contribution in [0.2, 0.25) is 5.02 Å². The molecule has 0 fully saturated rings. The van der Waals surface area contributed by atoms with Crippen LogP contribution in [0.15, 0.2) is 24.3 Å². The first kappa shape index (κ1) is 20.8. The molecule has 28 heavy (non-hydrogen) atoms. The van der Waals surface area contributed by atoms with Crippen LogP contribution in [0.1, 0.15) is 65.8 Å². The fourth-order valence-electron chi connectivity index (χ4n) is 3.81. The molecule has 5 nitrogen and oxygen atoms in total. The minimum absolute atomic E-state index is 0.184. The zero-order chi connectivity index (χ0) is 20.7. The fourth-order valence-corrected chi connectivity index (χ4v) is 5.20. The average molecular weight is 421 g/mol. The highest BCUT2D eigenvalue weighted by Gasteiger charge is 2.42. The van der Waals surface area contributed by atoms with E-state index < -0.39 is 5.97 Å². The predicted molar refractivity (Wildman–Crippen MR) is 114 cm³/mol. The van der Waals surface area contributed by atoms with Gasteiger partial charge in [0, 0.05) is 26.5 Å². The van der Waals surface area contributed by atoms with E-state index in [4.69, 9.17) is 16.3 Å². The van der Waals surface area contributed by atoms with Crippen LogP contribution >= 0.6 is 22.9 Å². The number of esters is 1. The zero-order valence-electron chi connectivity index (χ0n) is 16.7. The molecule has 2 heterocycles. The lowest BCUT2D eigenvalue weighted by Gasteiger charge is -2.42. The zero-order valence-corrected chi connectivity index (χ0v) is 18.3. The predicted octanol–water partition coefficient (Wildman–Crippen LogP) is 4.99. The van der Waals surface area contributed by atoms with E-state index in [-0.39, 0.29) is 23.6 Å². The van der Waals surface area contributed by atoms with Gasteiger partial charge in [0.1, 0.15) is 5.00 Å². The second kappa shape index (κ2) is 7.50. The molecule has 0 unspecified atom stereocenters. The molecule has 150 valence electrons. The van der Waals surface area contributed by atoms with Gasteiger partial charge in [0.15, 0.2) is 0 Å². The first-order chi connectivity index (χ1) is 13.0. The minimum Gasteiger partial charge on any atom is -0.462 e. The number of hydrogen-bond donors (Lipinski definition) is 2. The number of carbonyl (C=O) groups excluding carboxylic acids is 2. The van der Waals surface area contributed by atoms with Crippen LogP contribution in [0.25, 0.3) is 0 Å². The number of hydrogen-bond acceptors (Lipinski definition) is 5. The Morgan fingerprint density at radius 1 is 1.21 bits per heavy atom. The number of ether oxygens (including phenoxy) is 1. The molecule has 1 aliphatic heterocycles. The Labute approximate surface area is 174 Å². The summed E-state index contributed by atoms with van der Waals surface area (Å²) in [6.07, 6.45) is 0.674.